The van der Waals surface area contributed by atoms with Crippen LogP contribution in [0.25, 0.3) is 10.4 Å². The maximum absolute atomic E-state index is 14.5. The molecule has 10 heteroatoms. The zero-order valence-electron chi connectivity index (χ0n) is 23.1. The summed E-state index contributed by atoms with van der Waals surface area (Å²) in [5, 5.41) is 5.47. The lowest BCUT2D eigenvalue weighted by Crippen LogP contribution is -2.44. The maximum atomic E-state index is 14.5. The highest BCUT2D eigenvalue weighted by atomic mass is 35.5. The molecule has 41 heavy (non-hydrogen) atoms. The molecular weight excluding hydrogens is 584 g/mol. The average Bonchev–Trinajstić information content (AvgIpc) is 3.43. The Bertz CT molecular complexity index is 1230. The van der Waals surface area contributed by atoms with Crippen LogP contribution in [-0.4, -0.2) is 36.5 Å². The van der Waals surface area contributed by atoms with E-state index >= 15 is 0 Å². The van der Waals surface area contributed by atoms with E-state index in [1.54, 1.807) is 18.2 Å². The van der Waals surface area contributed by atoms with Gasteiger partial charge in [-0.2, -0.15) is 0 Å². The minimum atomic E-state index is -3.19. The summed E-state index contributed by atoms with van der Waals surface area (Å²) in [4.78, 5) is 15.7. The van der Waals surface area contributed by atoms with Crippen molar-refractivity contribution >= 4 is 40.8 Å². The van der Waals surface area contributed by atoms with E-state index in [0.717, 1.165) is 33.6 Å². The molecule has 0 spiro atoms. The van der Waals surface area contributed by atoms with Crippen molar-refractivity contribution in [2.45, 2.75) is 68.2 Å². The lowest BCUT2D eigenvalue weighted by atomic mass is 9.90. The summed E-state index contributed by atoms with van der Waals surface area (Å²) in [6, 6.07) is 17.7. The number of benzene rings is 2. The van der Waals surface area contributed by atoms with E-state index in [9.17, 15) is 13.6 Å². The Morgan fingerprint density at radius 1 is 0.976 bits per heavy atom. The molecule has 0 bridgehead atoms. The molecule has 4 N–H and O–H groups in total. The van der Waals surface area contributed by atoms with Crippen LogP contribution in [0.4, 0.5) is 8.78 Å². The van der Waals surface area contributed by atoms with Gasteiger partial charge in [0.25, 0.3) is 5.92 Å². The molecule has 2 fully saturated rings. The fourth-order valence-corrected chi connectivity index (χ4v) is 6.42. The quantitative estimate of drug-likeness (QED) is 0.248. The first-order valence-corrected chi connectivity index (χ1v) is 16.2. The predicted molar refractivity (Wildman–Crippen MR) is 166 cm³/mol. The van der Waals surface area contributed by atoms with Gasteiger partial charge in [0.15, 0.2) is 0 Å². The summed E-state index contributed by atoms with van der Waals surface area (Å²) in [5.74, 6) is -1.99. The number of nitrogens with two attached hydrogens (primary N) is 2. The van der Waals surface area contributed by atoms with Crippen molar-refractivity contribution in [1.29, 1.82) is 0 Å². The van der Waals surface area contributed by atoms with E-state index < -0.39 is 18.3 Å². The van der Waals surface area contributed by atoms with Crippen LogP contribution in [0.5, 0.6) is 5.75 Å². The number of piperidine rings is 1. The van der Waals surface area contributed by atoms with Crippen LogP contribution in [0, 0.1) is 5.92 Å². The van der Waals surface area contributed by atoms with Gasteiger partial charge in [0.1, 0.15) is 5.75 Å². The number of carbonyl (C=O) groups excluding carboxylic acids is 1. The van der Waals surface area contributed by atoms with E-state index in [0.29, 0.717) is 30.3 Å². The molecule has 5 nitrogen and oxygen atoms in total. The third-order valence-electron chi connectivity index (χ3n) is 7.60. The second-order valence-electron chi connectivity index (χ2n) is 10.7. The van der Waals surface area contributed by atoms with Crippen LogP contribution in [0.1, 0.15) is 56.9 Å². The topological polar surface area (TPSA) is 81.6 Å². The van der Waals surface area contributed by atoms with Gasteiger partial charge in [0.2, 0.25) is 5.91 Å². The summed E-state index contributed by atoms with van der Waals surface area (Å²) >= 11 is 8.56. The van der Waals surface area contributed by atoms with E-state index in [1.807, 2.05) is 30.3 Å². The summed E-state index contributed by atoms with van der Waals surface area (Å²) in [7, 11) is 0. The van der Waals surface area contributed by atoms with Crippen LogP contribution in [0.3, 0.4) is 0 Å². The Balaban J connectivity index is 0.000000208. The molecule has 1 saturated heterocycles. The van der Waals surface area contributed by atoms with Gasteiger partial charge in [-0.3, -0.25) is 9.93 Å². The van der Waals surface area contributed by atoms with Crippen molar-refractivity contribution in [2.75, 3.05) is 19.7 Å². The second kappa shape index (κ2) is 15.3. The number of halogens is 3. The molecular formula is C31H38ClF2N3O2S2. The van der Waals surface area contributed by atoms with Gasteiger partial charge in [0, 0.05) is 34.5 Å². The molecule has 2 aliphatic rings. The van der Waals surface area contributed by atoms with Crippen molar-refractivity contribution in [3.63, 3.8) is 0 Å². The largest absolute Gasteiger partial charge is 0.493 e. The van der Waals surface area contributed by atoms with Crippen molar-refractivity contribution in [3.05, 3.63) is 70.6 Å². The van der Waals surface area contributed by atoms with Gasteiger partial charge in [-0.05, 0) is 85.5 Å². The van der Waals surface area contributed by atoms with E-state index in [4.69, 9.17) is 27.2 Å². The number of hydrogen-bond donors (Lipinski definition) is 2. The minimum Gasteiger partial charge on any atom is -0.493 e. The van der Waals surface area contributed by atoms with Gasteiger partial charge < -0.3 is 15.4 Å². The normalized spacial score (nSPS) is 16.7. The predicted octanol–water partition coefficient (Wildman–Crippen LogP) is 8.11. The van der Waals surface area contributed by atoms with Gasteiger partial charge >= 0.3 is 0 Å². The molecule has 5 rings (SSSR count). The third-order valence-corrected chi connectivity index (χ3v) is 9.43. The number of nitrogens with zero attached hydrogens (tertiary/aromatic N) is 1. The van der Waals surface area contributed by atoms with Crippen molar-refractivity contribution in [3.8, 4) is 16.2 Å². The SMILES string of the molecule is NC1CCN(C(=O)CC(F)(F)c2ccc(-c3ccc(Cl)s3)cc2)CC1.NSc1ccc(OCC2CCCCC2)cc1. The summed E-state index contributed by atoms with van der Waals surface area (Å²) in [6.07, 6.45) is 7.32. The first-order valence-electron chi connectivity index (χ1n) is 14.1. The molecule has 222 valence electrons. The summed E-state index contributed by atoms with van der Waals surface area (Å²) in [6.45, 7) is 1.78. The molecule has 0 radical (unpaired) electrons. The number of likely N-dealkylation sites (tertiary alicyclic amines) is 1. The Morgan fingerprint density at radius 2 is 1.63 bits per heavy atom. The molecule has 1 aromatic heterocycles. The first-order chi connectivity index (χ1) is 19.7. The van der Waals surface area contributed by atoms with Crippen molar-refractivity contribution in [2.24, 2.45) is 16.8 Å². The zero-order chi connectivity index (χ0) is 29.2. The number of ether oxygens (including phenoxy) is 1. The second-order valence-corrected chi connectivity index (χ2v) is 13.1. The fraction of sp³-hybridized carbons (Fsp3) is 0.452. The Hall–Kier alpha value is -2.17. The smallest absolute Gasteiger partial charge is 0.281 e. The number of thiophene rings is 1. The maximum Gasteiger partial charge on any atom is 0.281 e. The Kier molecular flexibility index (Phi) is 11.9. The lowest BCUT2D eigenvalue weighted by Gasteiger charge is -2.31. The number of carbonyl (C=O) groups is 1. The zero-order valence-corrected chi connectivity index (χ0v) is 25.5. The highest BCUT2D eigenvalue weighted by molar-refractivity contribution is 7.97. The van der Waals surface area contributed by atoms with Gasteiger partial charge in [0.05, 0.1) is 17.4 Å². The van der Waals surface area contributed by atoms with Gasteiger partial charge in [-0.15, -0.1) is 11.3 Å². The number of hydrogen-bond acceptors (Lipinski definition) is 6. The van der Waals surface area contributed by atoms with E-state index in [2.05, 4.69) is 0 Å². The van der Waals surface area contributed by atoms with Crippen LogP contribution < -0.4 is 15.6 Å². The van der Waals surface area contributed by atoms with Crippen molar-refractivity contribution in [1.82, 2.24) is 4.90 Å². The van der Waals surface area contributed by atoms with Crippen LogP contribution in [0.15, 0.2) is 65.6 Å². The highest BCUT2D eigenvalue weighted by Crippen LogP contribution is 2.36. The molecule has 2 heterocycles. The molecule has 0 atom stereocenters. The van der Waals surface area contributed by atoms with Crippen LogP contribution in [0.2, 0.25) is 4.34 Å². The first kappa shape index (κ1) is 31.8. The van der Waals surface area contributed by atoms with Gasteiger partial charge in [-0.1, -0.05) is 55.1 Å². The minimum absolute atomic E-state index is 0.0582. The van der Waals surface area contributed by atoms with Crippen LogP contribution in [-0.2, 0) is 10.7 Å². The number of amides is 1. The number of alkyl halides is 2. The molecule has 1 aliphatic carbocycles. The van der Waals surface area contributed by atoms with E-state index in [1.165, 1.54) is 72.4 Å². The fourth-order valence-electron chi connectivity index (χ4n) is 5.08. The van der Waals surface area contributed by atoms with Crippen LogP contribution >= 0.6 is 34.9 Å². The molecule has 1 aliphatic heterocycles. The number of rotatable bonds is 8. The monoisotopic (exact) mass is 621 g/mol. The summed E-state index contributed by atoms with van der Waals surface area (Å²) < 4.78 is 35.4. The highest BCUT2D eigenvalue weighted by Gasteiger charge is 2.36. The molecule has 3 aromatic rings. The summed E-state index contributed by atoms with van der Waals surface area (Å²) in [5.41, 5.74) is 6.46. The molecule has 1 amide bonds. The average molecular weight is 622 g/mol. The third kappa shape index (κ3) is 9.68. The molecule has 2 aromatic carbocycles. The molecule has 0 unspecified atom stereocenters. The lowest BCUT2D eigenvalue weighted by molar-refractivity contribution is -0.140. The standard InChI is InChI=1S/C18H19ClF2N2OS.C13H19NOS/c19-16-6-5-15(25-16)12-1-3-13(4-2-12)18(20,21)11-17(24)23-9-7-14(22)8-10-23;14-16-13-8-6-12(7-9-13)15-10-11-4-2-1-3-5-11/h1-6,14H,7-11,22H2;6-9,11H,1-5,10,14H2. The van der Waals surface area contributed by atoms with Gasteiger partial charge in [-0.25, -0.2) is 8.78 Å². The Morgan fingerprint density at radius 3 is 2.22 bits per heavy atom. The molecule has 1 saturated carbocycles. The van der Waals surface area contributed by atoms with Crippen molar-refractivity contribution < 1.29 is 18.3 Å². The Labute approximate surface area is 254 Å². The van der Waals surface area contributed by atoms with E-state index in [-0.39, 0.29) is 11.6 Å².